The molecule has 1 aliphatic heterocycles. The number of hydrogen-bond acceptors (Lipinski definition) is 4. The molecule has 2 aromatic carbocycles. The zero-order valence-electron chi connectivity index (χ0n) is 13.5. The van der Waals surface area contributed by atoms with Crippen molar-refractivity contribution in [2.45, 2.75) is 12.8 Å². The fourth-order valence-corrected chi connectivity index (χ4v) is 3.42. The Bertz CT molecular complexity index is 1080. The predicted octanol–water partition coefficient (Wildman–Crippen LogP) is 4.41. The number of rotatable bonds is 1. The highest BCUT2D eigenvalue weighted by Crippen LogP contribution is 2.45. The minimum absolute atomic E-state index is 0.107. The van der Waals surface area contributed by atoms with Crippen LogP contribution in [0.3, 0.4) is 0 Å². The Kier molecular flexibility index (Phi) is 3.60. The summed E-state index contributed by atoms with van der Waals surface area (Å²) in [4.78, 5) is 4.61. The van der Waals surface area contributed by atoms with Gasteiger partial charge in [-0.3, -0.25) is 0 Å². The molecule has 4 nitrogen and oxygen atoms in total. The van der Waals surface area contributed by atoms with Crippen molar-refractivity contribution < 1.29 is 4.74 Å². The molecule has 4 rings (SSSR count). The van der Waals surface area contributed by atoms with Gasteiger partial charge in [-0.05, 0) is 30.7 Å². The molecule has 2 heterocycles. The van der Waals surface area contributed by atoms with Crippen molar-refractivity contribution in [3.8, 4) is 11.8 Å². The lowest BCUT2D eigenvalue weighted by Crippen LogP contribution is -2.21. The Hall–Kier alpha value is -3.03. The van der Waals surface area contributed by atoms with Crippen LogP contribution in [0.1, 0.15) is 22.7 Å². The first-order valence-corrected chi connectivity index (χ1v) is 8.19. The molecule has 1 unspecified atom stereocenters. The Morgan fingerprint density at radius 2 is 2.00 bits per heavy atom. The normalized spacial score (nSPS) is 16.3. The van der Waals surface area contributed by atoms with E-state index < -0.39 is 0 Å². The second-order valence-electron chi connectivity index (χ2n) is 5.99. The molecule has 1 aliphatic rings. The predicted molar refractivity (Wildman–Crippen MR) is 97.2 cm³/mol. The molecule has 0 spiro atoms. The average Bonchev–Trinajstić information content (AvgIpc) is 2.60. The Balaban J connectivity index is 2.03. The highest BCUT2D eigenvalue weighted by atomic mass is 35.5. The lowest BCUT2D eigenvalue weighted by molar-refractivity contribution is 0.397. The third-order valence-electron chi connectivity index (χ3n) is 4.37. The summed E-state index contributed by atoms with van der Waals surface area (Å²) in [6.07, 6.45) is 0. The van der Waals surface area contributed by atoms with Gasteiger partial charge in [0.25, 0.3) is 0 Å². The van der Waals surface area contributed by atoms with Gasteiger partial charge in [-0.2, -0.15) is 5.26 Å². The molecule has 122 valence electrons. The highest BCUT2D eigenvalue weighted by Gasteiger charge is 2.32. The van der Waals surface area contributed by atoms with Crippen LogP contribution in [-0.2, 0) is 0 Å². The van der Waals surface area contributed by atoms with E-state index in [0.717, 1.165) is 27.7 Å². The highest BCUT2D eigenvalue weighted by molar-refractivity contribution is 6.30. The van der Waals surface area contributed by atoms with Crippen LogP contribution in [-0.4, -0.2) is 4.98 Å². The number of ether oxygens (including phenoxy) is 1. The molecule has 25 heavy (non-hydrogen) atoms. The van der Waals surface area contributed by atoms with E-state index in [4.69, 9.17) is 22.1 Å². The van der Waals surface area contributed by atoms with Gasteiger partial charge in [0.15, 0.2) is 5.75 Å². The second kappa shape index (κ2) is 5.80. The molecular weight excluding hydrogens is 334 g/mol. The molecule has 0 fully saturated rings. The molecule has 0 saturated heterocycles. The van der Waals surface area contributed by atoms with Crippen molar-refractivity contribution in [3.63, 3.8) is 0 Å². The molecule has 2 N–H and O–H groups in total. The number of fused-ring (bicyclic) bond motifs is 3. The Labute approximate surface area is 150 Å². The maximum absolute atomic E-state index is 9.63. The van der Waals surface area contributed by atoms with E-state index in [1.807, 2.05) is 49.4 Å². The molecule has 0 bridgehead atoms. The third-order valence-corrected chi connectivity index (χ3v) is 4.60. The van der Waals surface area contributed by atoms with Crippen LogP contribution in [0.25, 0.3) is 10.9 Å². The first-order valence-electron chi connectivity index (χ1n) is 7.82. The van der Waals surface area contributed by atoms with Crippen LogP contribution in [0, 0.1) is 18.3 Å². The summed E-state index contributed by atoms with van der Waals surface area (Å²) in [6.45, 7) is 1.93. The van der Waals surface area contributed by atoms with Crippen molar-refractivity contribution in [1.29, 1.82) is 5.26 Å². The van der Waals surface area contributed by atoms with Gasteiger partial charge in [0.05, 0.1) is 5.92 Å². The van der Waals surface area contributed by atoms with Gasteiger partial charge in [0.1, 0.15) is 17.2 Å². The van der Waals surface area contributed by atoms with Gasteiger partial charge in [-0.25, -0.2) is 4.98 Å². The van der Waals surface area contributed by atoms with Crippen LogP contribution < -0.4 is 10.5 Å². The monoisotopic (exact) mass is 347 g/mol. The summed E-state index contributed by atoms with van der Waals surface area (Å²) < 4.78 is 5.82. The zero-order valence-corrected chi connectivity index (χ0v) is 14.2. The zero-order chi connectivity index (χ0) is 17.6. The van der Waals surface area contributed by atoms with Gasteiger partial charge < -0.3 is 10.5 Å². The largest absolute Gasteiger partial charge is 0.438 e. The summed E-state index contributed by atoms with van der Waals surface area (Å²) in [5, 5.41) is 11.2. The van der Waals surface area contributed by atoms with Crippen LogP contribution in [0.5, 0.6) is 5.75 Å². The fourth-order valence-electron chi connectivity index (χ4n) is 3.23. The lowest BCUT2D eigenvalue weighted by Gasteiger charge is -2.27. The van der Waals surface area contributed by atoms with Crippen molar-refractivity contribution in [2.75, 3.05) is 0 Å². The summed E-state index contributed by atoms with van der Waals surface area (Å²) in [5.41, 5.74) is 9.83. The van der Waals surface area contributed by atoms with Gasteiger partial charge in [-0.1, -0.05) is 41.9 Å². The van der Waals surface area contributed by atoms with Crippen molar-refractivity contribution in [1.82, 2.24) is 4.98 Å². The van der Waals surface area contributed by atoms with E-state index in [0.29, 0.717) is 16.3 Å². The lowest BCUT2D eigenvalue weighted by atomic mass is 9.83. The Morgan fingerprint density at radius 3 is 2.76 bits per heavy atom. The minimum atomic E-state index is -0.334. The summed E-state index contributed by atoms with van der Waals surface area (Å²) >= 11 is 6.16. The van der Waals surface area contributed by atoms with Gasteiger partial charge >= 0.3 is 0 Å². The summed E-state index contributed by atoms with van der Waals surface area (Å²) in [7, 11) is 0. The number of halogens is 1. The molecule has 0 aliphatic carbocycles. The molecule has 1 aromatic heterocycles. The number of aryl methyl sites for hydroxylation is 1. The quantitative estimate of drug-likeness (QED) is 0.707. The van der Waals surface area contributed by atoms with Crippen molar-refractivity contribution in [3.05, 3.63) is 81.8 Å². The van der Waals surface area contributed by atoms with Gasteiger partial charge in [0.2, 0.25) is 5.88 Å². The molecule has 1 atom stereocenters. The smallest absolute Gasteiger partial charge is 0.205 e. The van der Waals surface area contributed by atoms with Crippen molar-refractivity contribution >= 4 is 22.5 Å². The maximum Gasteiger partial charge on any atom is 0.205 e. The standard InChI is InChI=1S/C20H14ClN3O/c1-11-5-6-12-7-8-15-17(13-3-2-4-14(21)9-13)16(10-22)20(23)25-19(15)18(12)24-11/h2-9,17H,23H2,1H3. The second-order valence-corrected chi connectivity index (χ2v) is 6.42. The maximum atomic E-state index is 9.63. The van der Waals surface area contributed by atoms with Crippen LogP contribution in [0.15, 0.2) is 60.0 Å². The summed E-state index contributed by atoms with van der Waals surface area (Å²) in [6, 6.07) is 17.5. The molecular formula is C20H14ClN3O. The minimum Gasteiger partial charge on any atom is -0.438 e. The molecule has 0 saturated carbocycles. The number of allylic oxidation sites excluding steroid dienone is 1. The number of nitrogens with two attached hydrogens (primary N) is 1. The van der Waals surface area contributed by atoms with Gasteiger partial charge in [0, 0.05) is 21.7 Å². The third kappa shape index (κ3) is 2.50. The average molecular weight is 348 g/mol. The molecule has 0 radical (unpaired) electrons. The topological polar surface area (TPSA) is 71.9 Å². The number of pyridine rings is 1. The number of hydrogen-bond donors (Lipinski definition) is 1. The fraction of sp³-hybridized carbons (Fsp3) is 0.100. The molecule has 0 amide bonds. The van der Waals surface area contributed by atoms with E-state index in [2.05, 4.69) is 11.1 Å². The van der Waals surface area contributed by atoms with Crippen LogP contribution in [0.2, 0.25) is 5.02 Å². The SMILES string of the molecule is Cc1ccc2ccc3c(c2n1)OC(N)=C(C#N)C3c1cccc(Cl)c1. The van der Waals surface area contributed by atoms with Crippen LogP contribution >= 0.6 is 11.6 Å². The van der Waals surface area contributed by atoms with E-state index in [9.17, 15) is 5.26 Å². The molecule has 5 heteroatoms. The van der Waals surface area contributed by atoms with Gasteiger partial charge in [-0.15, -0.1) is 0 Å². The number of benzene rings is 2. The first kappa shape index (κ1) is 15.5. The first-order chi connectivity index (χ1) is 12.1. The number of aromatic nitrogens is 1. The Morgan fingerprint density at radius 1 is 1.20 bits per heavy atom. The van der Waals surface area contributed by atoms with Crippen LogP contribution in [0.4, 0.5) is 0 Å². The van der Waals surface area contributed by atoms with E-state index in [1.165, 1.54) is 0 Å². The summed E-state index contributed by atoms with van der Waals surface area (Å²) in [5.74, 6) is 0.373. The van der Waals surface area contributed by atoms with E-state index >= 15 is 0 Å². The van der Waals surface area contributed by atoms with E-state index in [-0.39, 0.29) is 11.8 Å². The number of nitriles is 1. The van der Waals surface area contributed by atoms with Crippen molar-refractivity contribution in [2.24, 2.45) is 5.73 Å². The number of nitrogens with zero attached hydrogens (tertiary/aromatic N) is 2. The van der Waals surface area contributed by atoms with E-state index in [1.54, 1.807) is 6.07 Å². The molecule has 3 aromatic rings.